The Morgan fingerprint density at radius 2 is 1.74 bits per heavy atom. The Morgan fingerprint density at radius 1 is 1.13 bits per heavy atom. The molecule has 0 unspecified atom stereocenters. The highest BCUT2D eigenvalue weighted by Gasteiger charge is 2.16. The second-order valence-corrected chi connectivity index (χ2v) is 4.48. The van der Waals surface area contributed by atoms with Crippen LogP contribution in [0.1, 0.15) is 10.4 Å². The molecule has 1 amide bonds. The monoisotopic (exact) mass is 320 g/mol. The van der Waals surface area contributed by atoms with Crippen LogP contribution < -0.4 is 14.8 Å². The minimum Gasteiger partial charge on any atom is -0.497 e. The SMILES string of the molecule is COc1cc(OC)cc(C(=O)Nc2ccc(F)c([N+](=O)[O-])c2)c1. The summed E-state index contributed by atoms with van der Waals surface area (Å²) >= 11 is 0. The molecule has 0 atom stereocenters. The number of carbonyl (C=O) groups is 1. The van der Waals surface area contributed by atoms with Crippen LogP contribution in [0, 0.1) is 15.9 Å². The van der Waals surface area contributed by atoms with E-state index in [1.807, 2.05) is 0 Å². The van der Waals surface area contributed by atoms with Gasteiger partial charge in [-0.25, -0.2) is 0 Å². The summed E-state index contributed by atoms with van der Waals surface area (Å²) in [4.78, 5) is 22.1. The normalized spacial score (nSPS) is 10.0. The first kappa shape index (κ1) is 16.2. The van der Waals surface area contributed by atoms with Crippen LogP contribution in [0.4, 0.5) is 15.8 Å². The Labute approximate surface area is 130 Å². The highest BCUT2D eigenvalue weighted by molar-refractivity contribution is 6.04. The number of hydrogen-bond acceptors (Lipinski definition) is 5. The van der Waals surface area contributed by atoms with E-state index in [1.165, 1.54) is 32.4 Å². The molecule has 8 heteroatoms. The molecule has 1 N–H and O–H groups in total. The van der Waals surface area contributed by atoms with E-state index in [0.29, 0.717) is 11.5 Å². The average molecular weight is 320 g/mol. The molecule has 0 saturated carbocycles. The molecule has 0 heterocycles. The minimum atomic E-state index is -0.976. The summed E-state index contributed by atoms with van der Waals surface area (Å²) in [6.45, 7) is 0. The fourth-order valence-electron chi connectivity index (χ4n) is 1.87. The van der Waals surface area contributed by atoms with Crippen LogP contribution in [0.3, 0.4) is 0 Å². The highest BCUT2D eigenvalue weighted by Crippen LogP contribution is 2.25. The first-order valence-corrected chi connectivity index (χ1v) is 6.43. The molecule has 120 valence electrons. The molecule has 23 heavy (non-hydrogen) atoms. The molecule has 0 fully saturated rings. The third kappa shape index (κ3) is 3.73. The molecular formula is C15H13FN2O5. The van der Waals surface area contributed by atoms with Crippen molar-refractivity contribution in [3.8, 4) is 11.5 Å². The standard InChI is InChI=1S/C15H13FN2O5/c1-22-11-5-9(6-12(8-11)23-2)15(19)17-10-3-4-13(16)14(7-10)18(20)21/h3-8H,1-2H3,(H,17,19). The maximum atomic E-state index is 13.3. The number of nitrogens with one attached hydrogen (secondary N) is 1. The van der Waals surface area contributed by atoms with Gasteiger partial charge in [0.15, 0.2) is 0 Å². The van der Waals surface area contributed by atoms with Crippen LogP contribution in [0.2, 0.25) is 0 Å². The number of nitro benzene ring substituents is 1. The summed E-state index contributed by atoms with van der Waals surface area (Å²) in [5, 5.41) is 13.2. The lowest BCUT2D eigenvalue weighted by molar-refractivity contribution is -0.387. The number of benzene rings is 2. The van der Waals surface area contributed by atoms with Crippen LogP contribution in [0.15, 0.2) is 36.4 Å². The minimum absolute atomic E-state index is 0.102. The Balaban J connectivity index is 2.29. The number of anilines is 1. The molecule has 0 aliphatic rings. The molecule has 0 saturated heterocycles. The zero-order valence-corrected chi connectivity index (χ0v) is 12.3. The van der Waals surface area contributed by atoms with Crippen molar-refractivity contribution in [2.24, 2.45) is 0 Å². The van der Waals surface area contributed by atoms with Crippen LogP contribution in [-0.2, 0) is 0 Å². The summed E-state index contributed by atoms with van der Waals surface area (Å²) < 4.78 is 23.4. The average Bonchev–Trinajstić information content (AvgIpc) is 2.55. The summed E-state index contributed by atoms with van der Waals surface area (Å²) in [6.07, 6.45) is 0. The second kappa shape index (κ2) is 6.73. The number of methoxy groups -OCH3 is 2. The summed E-state index contributed by atoms with van der Waals surface area (Å²) in [5.74, 6) is -0.682. The number of ether oxygens (including phenoxy) is 2. The van der Waals surface area contributed by atoms with Crippen molar-refractivity contribution < 1.29 is 23.6 Å². The zero-order valence-electron chi connectivity index (χ0n) is 12.3. The first-order valence-electron chi connectivity index (χ1n) is 6.43. The summed E-state index contributed by atoms with van der Waals surface area (Å²) in [6, 6.07) is 7.66. The molecule has 2 aromatic rings. The van der Waals surface area contributed by atoms with E-state index in [2.05, 4.69) is 5.32 Å². The number of halogens is 1. The summed E-state index contributed by atoms with van der Waals surface area (Å²) in [7, 11) is 2.89. The molecule has 2 rings (SSSR count). The molecule has 0 bridgehead atoms. The predicted molar refractivity (Wildman–Crippen MR) is 80.6 cm³/mol. The van der Waals surface area contributed by atoms with Gasteiger partial charge in [0.1, 0.15) is 11.5 Å². The fourth-order valence-corrected chi connectivity index (χ4v) is 1.87. The Morgan fingerprint density at radius 3 is 2.26 bits per heavy atom. The number of nitrogens with zero attached hydrogens (tertiary/aromatic N) is 1. The van der Waals surface area contributed by atoms with Crippen LogP contribution in [0.5, 0.6) is 11.5 Å². The fraction of sp³-hybridized carbons (Fsp3) is 0.133. The quantitative estimate of drug-likeness (QED) is 0.675. The largest absolute Gasteiger partial charge is 0.497 e. The van der Waals surface area contributed by atoms with Crippen molar-refractivity contribution in [1.29, 1.82) is 0 Å². The van der Waals surface area contributed by atoms with Gasteiger partial charge in [-0.05, 0) is 24.3 Å². The Hall–Kier alpha value is -3.16. The molecular weight excluding hydrogens is 307 g/mol. The van der Waals surface area contributed by atoms with Crippen molar-refractivity contribution in [1.82, 2.24) is 0 Å². The van der Waals surface area contributed by atoms with E-state index in [1.54, 1.807) is 6.07 Å². The number of amides is 1. The lowest BCUT2D eigenvalue weighted by atomic mass is 10.1. The van der Waals surface area contributed by atoms with Crippen molar-refractivity contribution in [3.63, 3.8) is 0 Å². The van der Waals surface area contributed by atoms with Gasteiger partial charge >= 0.3 is 5.69 Å². The van der Waals surface area contributed by atoms with Gasteiger partial charge in [-0.3, -0.25) is 14.9 Å². The smallest absolute Gasteiger partial charge is 0.306 e. The molecule has 0 spiro atoms. The predicted octanol–water partition coefficient (Wildman–Crippen LogP) is 3.00. The van der Waals surface area contributed by atoms with Gasteiger partial charge in [-0.15, -0.1) is 0 Å². The Bertz CT molecular complexity index is 741. The van der Waals surface area contributed by atoms with Gasteiger partial charge in [-0.2, -0.15) is 4.39 Å². The van der Waals surface area contributed by atoms with E-state index >= 15 is 0 Å². The van der Waals surface area contributed by atoms with Gasteiger partial charge in [0.25, 0.3) is 5.91 Å². The van der Waals surface area contributed by atoms with Gasteiger partial charge in [0.05, 0.1) is 19.1 Å². The van der Waals surface area contributed by atoms with Gasteiger partial charge < -0.3 is 14.8 Å². The Kier molecular flexibility index (Phi) is 4.75. The van der Waals surface area contributed by atoms with Crippen molar-refractivity contribution in [3.05, 3.63) is 57.9 Å². The third-order valence-electron chi connectivity index (χ3n) is 3.01. The van der Waals surface area contributed by atoms with Crippen LogP contribution in [-0.4, -0.2) is 25.1 Å². The van der Waals surface area contributed by atoms with Gasteiger partial charge in [-0.1, -0.05) is 0 Å². The number of carbonyl (C=O) groups excluding carboxylic acids is 1. The number of hydrogen-bond donors (Lipinski definition) is 1. The molecule has 0 radical (unpaired) electrons. The topological polar surface area (TPSA) is 90.7 Å². The van der Waals surface area contributed by atoms with E-state index in [9.17, 15) is 19.3 Å². The third-order valence-corrected chi connectivity index (χ3v) is 3.01. The molecule has 2 aromatic carbocycles. The van der Waals surface area contributed by atoms with E-state index in [-0.39, 0.29) is 11.3 Å². The molecule has 0 aromatic heterocycles. The highest BCUT2D eigenvalue weighted by atomic mass is 19.1. The lowest BCUT2D eigenvalue weighted by Gasteiger charge is -2.09. The van der Waals surface area contributed by atoms with Crippen LogP contribution in [0.25, 0.3) is 0 Å². The summed E-state index contributed by atoms with van der Waals surface area (Å²) in [5.41, 5.74) is -0.385. The number of nitro groups is 1. The van der Waals surface area contributed by atoms with Gasteiger partial charge in [0.2, 0.25) is 5.82 Å². The molecule has 7 nitrogen and oxygen atoms in total. The molecule has 0 aliphatic carbocycles. The lowest BCUT2D eigenvalue weighted by Crippen LogP contribution is -2.12. The van der Waals surface area contributed by atoms with Crippen molar-refractivity contribution >= 4 is 17.3 Å². The van der Waals surface area contributed by atoms with E-state index in [4.69, 9.17) is 9.47 Å². The number of rotatable bonds is 5. The van der Waals surface area contributed by atoms with Gasteiger partial charge in [0, 0.05) is 23.4 Å². The second-order valence-electron chi connectivity index (χ2n) is 4.48. The van der Waals surface area contributed by atoms with E-state index in [0.717, 1.165) is 12.1 Å². The van der Waals surface area contributed by atoms with E-state index < -0.39 is 22.3 Å². The van der Waals surface area contributed by atoms with Crippen molar-refractivity contribution in [2.75, 3.05) is 19.5 Å². The van der Waals surface area contributed by atoms with Crippen LogP contribution >= 0.6 is 0 Å². The maximum absolute atomic E-state index is 13.3. The molecule has 0 aliphatic heterocycles. The maximum Gasteiger partial charge on any atom is 0.306 e. The van der Waals surface area contributed by atoms with Crippen molar-refractivity contribution in [2.45, 2.75) is 0 Å². The zero-order chi connectivity index (χ0) is 17.0. The first-order chi connectivity index (χ1) is 10.9.